The Hall–Kier alpha value is -2.29. The van der Waals surface area contributed by atoms with E-state index < -0.39 is 5.97 Å². The van der Waals surface area contributed by atoms with Gasteiger partial charge in [-0.05, 0) is 29.2 Å². The van der Waals surface area contributed by atoms with Crippen LogP contribution in [0.2, 0.25) is 0 Å². The van der Waals surface area contributed by atoms with Crippen LogP contribution >= 0.6 is 0 Å². The molecule has 0 saturated heterocycles. The molecule has 0 atom stereocenters. The van der Waals surface area contributed by atoms with Crippen LogP contribution in [0.1, 0.15) is 16.7 Å². The molecule has 0 aliphatic carbocycles. The summed E-state index contributed by atoms with van der Waals surface area (Å²) in [5.74, 6) is -0.828. The standard InChI is InChI=1S/C15H15NO2/c16-14-7-6-12(10-15(17)18)9-13(14)8-11-4-2-1-3-5-11/h1-7,9H,8,10,16H2,(H,17,18). The number of rotatable bonds is 4. The third-order valence-electron chi connectivity index (χ3n) is 2.80. The number of nitrogen functional groups attached to an aromatic ring is 1. The third kappa shape index (κ3) is 3.10. The van der Waals surface area contributed by atoms with Crippen LogP contribution in [0, 0.1) is 0 Å². The zero-order valence-corrected chi connectivity index (χ0v) is 9.97. The molecule has 2 rings (SSSR count). The third-order valence-corrected chi connectivity index (χ3v) is 2.80. The molecule has 0 aliphatic heterocycles. The maximum atomic E-state index is 10.7. The van der Waals surface area contributed by atoms with E-state index in [9.17, 15) is 4.79 Å². The summed E-state index contributed by atoms with van der Waals surface area (Å²) in [7, 11) is 0. The van der Waals surface area contributed by atoms with Crippen molar-refractivity contribution in [3.8, 4) is 0 Å². The molecule has 92 valence electrons. The van der Waals surface area contributed by atoms with Crippen molar-refractivity contribution >= 4 is 11.7 Å². The number of benzene rings is 2. The van der Waals surface area contributed by atoms with E-state index in [0.717, 1.165) is 23.1 Å². The second-order valence-electron chi connectivity index (χ2n) is 4.27. The molecule has 0 fully saturated rings. The molecule has 0 spiro atoms. The normalized spacial score (nSPS) is 10.2. The molecular weight excluding hydrogens is 226 g/mol. The number of hydrogen-bond acceptors (Lipinski definition) is 2. The lowest BCUT2D eigenvalue weighted by Gasteiger charge is -2.08. The summed E-state index contributed by atoms with van der Waals surface area (Å²) in [6.45, 7) is 0. The van der Waals surface area contributed by atoms with E-state index in [1.54, 1.807) is 12.1 Å². The van der Waals surface area contributed by atoms with Crippen molar-refractivity contribution in [1.82, 2.24) is 0 Å². The van der Waals surface area contributed by atoms with Crippen molar-refractivity contribution in [1.29, 1.82) is 0 Å². The van der Waals surface area contributed by atoms with Gasteiger partial charge in [0, 0.05) is 5.69 Å². The summed E-state index contributed by atoms with van der Waals surface area (Å²) >= 11 is 0. The maximum Gasteiger partial charge on any atom is 0.307 e. The Morgan fingerprint density at radius 3 is 2.44 bits per heavy atom. The molecule has 0 aliphatic rings. The lowest BCUT2D eigenvalue weighted by molar-refractivity contribution is -0.136. The quantitative estimate of drug-likeness (QED) is 0.808. The molecule has 3 nitrogen and oxygen atoms in total. The van der Waals surface area contributed by atoms with Gasteiger partial charge >= 0.3 is 5.97 Å². The molecule has 3 heteroatoms. The first-order chi connectivity index (χ1) is 8.65. The van der Waals surface area contributed by atoms with E-state index in [-0.39, 0.29) is 6.42 Å². The summed E-state index contributed by atoms with van der Waals surface area (Å²) in [6, 6.07) is 15.4. The molecule has 0 radical (unpaired) electrons. The van der Waals surface area contributed by atoms with Gasteiger partial charge < -0.3 is 10.8 Å². The van der Waals surface area contributed by atoms with Gasteiger partial charge in [0.15, 0.2) is 0 Å². The highest BCUT2D eigenvalue weighted by Gasteiger charge is 2.05. The molecule has 0 unspecified atom stereocenters. The number of nitrogens with two attached hydrogens (primary N) is 1. The molecule has 3 N–H and O–H groups in total. The fourth-order valence-corrected chi connectivity index (χ4v) is 1.91. The first-order valence-corrected chi connectivity index (χ1v) is 5.78. The zero-order chi connectivity index (χ0) is 13.0. The van der Waals surface area contributed by atoms with Crippen LogP contribution in [0.4, 0.5) is 5.69 Å². The Bertz CT molecular complexity index is 550. The van der Waals surface area contributed by atoms with Gasteiger partial charge in [-0.2, -0.15) is 0 Å². The van der Waals surface area contributed by atoms with Gasteiger partial charge in [-0.15, -0.1) is 0 Å². The van der Waals surface area contributed by atoms with Gasteiger partial charge in [0.05, 0.1) is 6.42 Å². The average molecular weight is 241 g/mol. The van der Waals surface area contributed by atoms with Crippen LogP contribution < -0.4 is 5.73 Å². The Morgan fingerprint density at radius 1 is 1.06 bits per heavy atom. The number of carbonyl (C=O) groups is 1. The van der Waals surface area contributed by atoms with E-state index in [1.165, 1.54) is 0 Å². The number of aliphatic carboxylic acids is 1. The lowest BCUT2D eigenvalue weighted by Crippen LogP contribution is -2.03. The summed E-state index contributed by atoms with van der Waals surface area (Å²) in [6.07, 6.45) is 0.752. The molecule has 18 heavy (non-hydrogen) atoms. The minimum Gasteiger partial charge on any atom is -0.481 e. The van der Waals surface area contributed by atoms with Crippen molar-refractivity contribution in [2.75, 3.05) is 5.73 Å². The van der Waals surface area contributed by atoms with E-state index in [0.29, 0.717) is 5.69 Å². The summed E-state index contributed by atoms with van der Waals surface area (Å²) in [5.41, 5.74) is 9.54. The Labute approximate surface area is 106 Å². The van der Waals surface area contributed by atoms with Crippen LogP contribution in [0.25, 0.3) is 0 Å². The first kappa shape index (κ1) is 12.2. The molecule has 0 amide bonds. The van der Waals surface area contributed by atoms with Crippen LogP contribution in [-0.4, -0.2) is 11.1 Å². The van der Waals surface area contributed by atoms with E-state index in [1.807, 2.05) is 36.4 Å². The summed E-state index contributed by atoms with van der Waals surface area (Å²) < 4.78 is 0. The summed E-state index contributed by atoms with van der Waals surface area (Å²) in [5, 5.41) is 8.79. The van der Waals surface area contributed by atoms with Gasteiger partial charge in [-0.1, -0.05) is 42.5 Å². The van der Waals surface area contributed by atoms with Crippen molar-refractivity contribution in [2.24, 2.45) is 0 Å². The van der Waals surface area contributed by atoms with Crippen molar-refractivity contribution in [2.45, 2.75) is 12.8 Å². The fraction of sp³-hybridized carbons (Fsp3) is 0.133. The first-order valence-electron chi connectivity index (χ1n) is 5.78. The zero-order valence-electron chi connectivity index (χ0n) is 9.97. The average Bonchev–Trinajstić information content (AvgIpc) is 2.34. The topological polar surface area (TPSA) is 63.3 Å². The predicted octanol–water partition coefficient (Wildman–Crippen LogP) is 2.49. The van der Waals surface area contributed by atoms with Crippen LogP contribution in [0.15, 0.2) is 48.5 Å². The number of carboxylic acid groups (broad SMARTS) is 1. The highest BCUT2D eigenvalue weighted by Crippen LogP contribution is 2.18. The number of anilines is 1. The lowest BCUT2D eigenvalue weighted by atomic mass is 10.00. The van der Waals surface area contributed by atoms with E-state index in [4.69, 9.17) is 10.8 Å². The SMILES string of the molecule is Nc1ccc(CC(=O)O)cc1Cc1ccccc1. The number of hydrogen-bond donors (Lipinski definition) is 2. The highest BCUT2D eigenvalue weighted by molar-refractivity contribution is 5.70. The molecule has 0 heterocycles. The van der Waals surface area contributed by atoms with Gasteiger partial charge in [0.2, 0.25) is 0 Å². The Morgan fingerprint density at radius 2 is 1.78 bits per heavy atom. The van der Waals surface area contributed by atoms with Crippen molar-refractivity contribution < 1.29 is 9.90 Å². The molecule has 2 aromatic rings. The van der Waals surface area contributed by atoms with Gasteiger partial charge in [-0.3, -0.25) is 4.79 Å². The molecule has 2 aromatic carbocycles. The van der Waals surface area contributed by atoms with Gasteiger partial charge in [0.1, 0.15) is 0 Å². The highest BCUT2D eigenvalue weighted by atomic mass is 16.4. The monoisotopic (exact) mass is 241 g/mol. The van der Waals surface area contributed by atoms with Crippen LogP contribution in [0.5, 0.6) is 0 Å². The predicted molar refractivity (Wildman–Crippen MR) is 71.4 cm³/mol. The minimum atomic E-state index is -0.828. The van der Waals surface area contributed by atoms with Crippen molar-refractivity contribution in [3.63, 3.8) is 0 Å². The van der Waals surface area contributed by atoms with Crippen LogP contribution in [0.3, 0.4) is 0 Å². The fourth-order valence-electron chi connectivity index (χ4n) is 1.91. The van der Waals surface area contributed by atoms with Gasteiger partial charge in [-0.25, -0.2) is 0 Å². The second kappa shape index (κ2) is 5.36. The smallest absolute Gasteiger partial charge is 0.307 e. The Balaban J connectivity index is 2.24. The molecular formula is C15H15NO2. The maximum absolute atomic E-state index is 10.7. The minimum absolute atomic E-state index is 0.0298. The Kier molecular flexibility index (Phi) is 3.63. The number of carboxylic acids is 1. The van der Waals surface area contributed by atoms with Crippen molar-refractivity contribution in [3.05, 3.63) is 65.2 Å². The molecule has 0 bridgehead atoms. The summed E-state index contributed by atoms with van der Waals surface area (Å²) in [4.78, 5) is 10.7. The molecule has 0 saturated carbocycles. The molecule has 0 aromatic heterocycles. The second-order valence-corrected chi connectivity index (χ2v) is 4.27. The van der Waals surface area contributed by atoms with E-state index >= 15 is 0 Å². The van der Waals surface area contributed by atoms with Gasteiger partial charge in [0.25, 0.3) is 0 Å². The van der Waals surface area contributed by atoms with E-state index in [2.05, 4.69) is 0 Å². The van der Waals surface area contributed by atoms with Crippen LogP contribution in [-0.2, 0) is 17.6 Å². The largest absolute Gasteiger partial charge is 0.481 e.